The van der Waals surface area contributed by atoms with Crippen molar-refractivity contribution in [3.63, 3.8) is 0 Å². The minimum atomic E-state index is -2.66. The van der Waals surface area contributed by atoms with Gasteiger partial charge in [0.1, 0.15) is 9.39 Å². The Kier molecular flexibility index (Phi) is 3.05. The van der Waals surface area contributed by atoms with Gasteiger partial charge in [-0.2, -0.15) is 0 Å². The highest BCUT2D eigenvalue weighted by Gasteiger charge is 2.15. The first-order valence-electron chi connectivity index (χ1n) is 2.92. The van der Waals surface area contributed by atoms with E-state index in [1.165, 1.54) is 6.07 Å². The van der Waals surface area contributed by atoms with Crippen LogP contribution in [0.3, 0.4) is 0 Å². The maximum absolute atomic E-state index is 12.1. The summed E-state index contributed by atoms with van der Waals surface area (Å²) in [6.07, 6.45) is -2.66. The molecule has 0 atom stereocenters. The lowest BCUT2D eigenvalue weighted by Crippen LogP contribution is -1.98. The Morgan fingerprint density at radius 3 is 2.67 bits per heavy atom. The summed E-state index contributed by atoms with van der Waals surface area (Å²) in [5, 5.41) is -0.0945. The van der Waals surface area contributed by atoms with Gasteiger partial charge < -0.3 is 5.73 Å². The SMILES string of the molecule is Nc1cc(Cl)c(C(F)F)nc1I. The smallest absolute Gasteiger partial charge is 0.281 e. The van der Waals surface area contributed by atoms with Gasteiger partial charge in [0.15, 0.2) is 0 Å². The van der Waals surface area contributed by atoms with Crippen molar-refractivity contribution in [3.8, 4) is 0 Å². The zero-order valence-corrected chi connectivity index (χ0v) is 8.60. The molecule has 2 nitrogen and oxygen atoms in total. The quantitative estimate of drug-likeness (QED) is 0.640. The van der Waals surface area contributed by atoms with Crippen LogP contribution in [0.4, 0.5) is 14.5 Å². The molecule has 0 fully saturated rings. The highest BCUT2D eigenvalue weighted by atomic mass is 127. The first-order chi connectivity index (χ1) is 5.52. The fourth-order valence-corrected chi connectivity index (χ4v) is 1.30. The monoisotopic (exact) mass is 304 g/mol. The third kappa shape index (κ3) is 1.95. The average Bonchev–Trinajstić information content (AvgIpc) is 1.96. The topological polar surface area (TPSA) is 38.9 Å². The molecule has 1 rings (SSSR count). The molecular weight excluding hydrogens is 300 g/mol. The van der Waals surface area contributed by atoms with Gasteiger partial charge >= 0.3 is 0 Å². The molecule has 66 valence electrons. The van der Waals surface area contributed by atoms with Gasteiger partial charge in [-0.05, 0) is 28.7 Å². The van der Waals surface area contributed by atoms with Crippen LogP contribution >= 0.6 is 34.2 Å². The zero-order valence-electron chi connectivity index (χ0n) is 5.69. The molecule has 0 aliphatic heterocycles. The molecule has 0 unspecified atom stereocenters. The number of halogens is 4. The number of nitrogens with two attached hydrogens (primary N) is 1. The van der Waals surface area contributed by atoms with Crippen molar-refractivity contribution >= 4 is 39.9 Å². The maximum atomic E-state index is 12.1. The molecule has 0 saturated heterocycles. The van der Waals surface area contributed by atoms with Gasteiger partial charge in [-0.3, -0.25) is 0 Å². The van der Waals surface area contributed by atoms with E-state index in [-0.39, 0.29) is 5.02 Å². The summed E-state index contributed by atoms with van der Waals surface area (Å²) in [5.74, 6) is 0. The van der Waals surface area contributed by atoms with Gasteiger partial charge in [-0.15, -0.1) is 0 Å². The molecular formula is C6H4ClF2IN2. The first kappa shape index (κ1) is 9.91. The summed E-state index contributed by atoms with van der Waals surface area (Å²) in [4.78, 5) is 3.55. The molecule has 1 heterocycles. The summed E-state index contributed by atoms with van der Waals surface area (Å²) >= 11 is 7.24. The first-order valence-corrected chi connectivity index (χ1v) is 4.37. The largest absolute Gasteiger partial charge is 0.397 e. The van der Waals surface area contributed by atoms with Gasteiger partial charge in [0, 0.05) is 0 Å². The van der Waals surface area contributed by atoms with Crippen LogP contribution in [-0.4, -0.2) is 4.98 Å². The van der Waals surface area contributed by atoms with Crippen LogP contribution in [0.25, 0.3) is 0 Å². The number of hydrogen-bond acceptors (Lipinski definition) is 2. The summed E-state index contributed by atoms with van der Waals surface area (Å²) in [7, 11) is 0. The lowest BCUT2D eigenvalue weighted by atomic mass is 10.3. The zero-order chi connectivity index (χ0) is 9.30. The van der Waals surface area contributed by atoms with Gasteiger partial charge in [0.2, 0.25) is 0 Å². The number of hydrogen-bond donors (Lipinski definition) is 1. The number of nitrogens with zero attached hydrogens (tertiary/aromatic N) is 1. The van der Waals surface area contributed by atoms with Crippen LogP contribution < -0.4 is 5.73 Å². The summed E-state index contributed by atoms with van der Waals surface area (Å²) in [6.45, 7) is 0. The molecule has 0 radical (unpaired) electrons. The van der Waals surface area contributed by atoms with Gasteiger partial charge in [-0.25, -0.2) is 13.8 Å². The molecule has 0 amide bonds. The number of anilines is 1. The van der Waals surface area contributed by atoms with Crippen molar-refractivity contribution in [2.45, 2.75) is 6.43 Å². The Morgan fingerprint density at radius 2 is 2.17 bits per heavy atom. The third-order valence-electron chi connectivity index (χ3n) is 1.19. The van der Waals surface area contributed by atoms with Crippen LogP contribution in [0.15, 0.2) is 6.07 Å². The summed E-state index contributed by atoms with van der Waals surface area (Å²) in [5.41, 5.74) is 5.28. The minimum absolute atomic E-state index is 0.0945. The Bertz CT molecular complexity index is 306. The van der Waals surface area contributed by atoms with Crippen LogP contribution in [-0.2, 0) is 0 Å². The van der Waals surface area contributed by atoms with E-state index in [0.717, 1.165) is 0 Å². The van der Waals surface area contributed by atoms with E-state index >= 15 is 0 Å². The highest BCUT2D eigenvalue weighted by molar-refractivity contribution is 14.1. The molecule has 2 N–H and O–H groups in total. The van der Waals surface area contributed by atoms with Crippen LogP contribution in [0, 0.1) is 3.70 Å². The van der Waals surface area contributed by atoms with Crippen molar-refractivity contribution in [1.29, 1.82) is 0 Å². The number of pyridine rings is 1. The van der Waals surface area contributed by atoms with Crippen molar-refractivity contribution < 1.29 is 8.78 Å². The normalized spacial score (nSPS) is 10.8. The van der Waals surface area contributed by atoms with E-state index in [2.05, 4.69) is 4.98 Å². The van der Waals surface area contributed by atoms with Gasteiger partial charge in [-0.1, -0.05) is 11.6 Å². The molecule has 0 aromatic carbocycles. The second-order valence-electron chi connectivity index (χ2n) is 2.04. The Morgan fingerprint density at radius 1 is 1.58 bits per heavy atom. The van der Waals surface area contributed by atoms with Crippen LogP contribution in [0.2, 0.25) is 5.02 Å². The van der Waals surface area contributed by atoms with E-state index < -0.39 is 12.1 Å². The van der Waals surface area contributed by atoms with Gasteiger partial charge in [0.05, 0.1) is 10.7 Å². The molecule has 0 aliphatic rings. The minimum Gasteiger partial charge on any atom is -0.397 e. The van der Waals surface area contributed by atoms with Crippen molar-refractivity contribution in [2.24, 2.45) is 0 Å². The number of nitrogen functional groups attached to an aromatic ring is 1. The fourth-order valence-electron chi connectivity index (χ4n) is 0.647. The molecule has 1 aromatic heterocycles. The molecule has 0 spiro atoms. The average molecular weight is 304 g/mol. The van der Waals surface area contributed by atoms with Crippen molar-refractivity contribution in [2.75, 3.05) is 5.73 Å². The second-order valence-corrected chi connectivity index (χ2v) is 3.47. The Hall–Kier alpha value is -0.170. The summed E-state index contributed by atoms with van der Waals surface area (Å²) in [6, 6.07) is 1.28. The lowest BCUT2D eigenvalue weighted by Gasteiger charge is -2.04. The van der Waals surface area contributed by atoms with Crippen LogP contribution in [0.5, 0.6) is 0 Å². The fraction of sp³-hybridized carbons (Fsp3) is 0.167. The predicted molar refractivity (Wildman–Crippen MR) is 51.3 cm³/mol. The van der Waals surface area contributed by atoms with E-state index in [1.54, 1.807) is 22.6 Å². The van der Waals surface area contributed by atoms with E-state index in [9.17, 15) is 8.78 Å². The van der Waals surface area contributed by atoms with Crippen molar-refractivity contribution in [1.82, 2.24) is 4.98 Å². The molecule has 1 aromatic rings. The molecule has 0 bridgehead atoms. The Labute approximate surface area is 86.3 Å². The second kappa shape index (κ2) is 3.69. The van der Waals surface area contributed by atoms with Gasteiger partial charge in [0.25, 0.3) is 6.43 Å². The molecule has 6 heteroatoms. The van der Waals surface area contributed by atoms with Crippen LogP contribution in [0.1, 0.15) is 12.1 Å². The highest BCUT2D eigenvalue weighted by Crippen LogP contribution is 2.28. The van der Waals surface area contributed by atoms with Crippen molar-refractivity contribution in [3.05, 3.63) is 20.5 Å². The number of aromatic nitrogens is 1. The molecule has 0 saturated carbocycles. The molecule has 0 aliphatic carbocycles. The van der Waals surface area contributed by atoms with E-state index in [1.807, 2.05) is 0 Å². The molecule has 12 heavy (non-hydrogen) atoms. The lowest BCUT2D eigenvalue weighted by molar-refractivity contribution is 0.146. The number of rotatable bonds is 1. The maximum Gasteiger partial charge on any atom is 0.281 e. The number of alkyl halides is 2. The third-order valence-corrected chi connectivity index (χ3v) is 2.36. The predicted octanol–water partition coefficient (Wildman–Crippen LogP) is 2.86. The summed E-state index contributed by atoms with van der Waals surface area (Å²) < 4.78 is 24.6. The Balaban J connectivity index is 3.23. The van der Waals surface area contributed by atoms with E-state index in [0.29, 0.717) is 9.39 Å². The van der Waals surface area contributed by atoms with E-state index in [4.69, 9.17) is 17.3 Å². The standard InChI is InChI=1S/C6H4ClF2IN2/c7-2-1-3(11)6(10)12-4(2)5(8)9/h1,5H,11H2.